The lowest BCUT2D eigenvalue weighted by atomic mass is 9.96. The zero-order valence-electron chi connectivity index (χ0n) is 16.0. The van der Waals surface area contributed by atoms with Crippen LogP contribution in [-0.4, -0.2) is 42.5 Å². The molecular weight excluding hydrogens is 356 g/mol. The maximum atomic E-state index is 12.2. The summed E-state index contributed by atoms with van der Waals surface area (Å²) in [4.78, 5) is 26.3. The molecular formula is C22H26N2O4. The van der Waals surface area contributed by atoms with Gasteiger partial charge in [-0.05, 0) is 56.0 Å². The normalized spacial score (nSPS) is 16.1. The van der Waals surface area contributed by atoms with Gasteiger partial charge in [-0.3, -0.25) is 9.59 Å². The van der Waals surface area contributed by atoms with E-state index in [4.69, 9.17) is 9.15 Å². The first-order valence-corrected chi connectivity index (χ1v) is 9.61. The van der Waals surface area contributed by atoms with Crippen LogP contribution in [0.25, 0.3) is 6.08 Å². The maximum absolute atomic E-state index is 12.2. The Morgan fingerprint density at radius 3 is 2.64 bits per heavy atom. The van der Waals surface area contributed by atoms with Crippen molar-refractivity contribution >= 4 is 17.9 Å². The van der Waals surface area contributed by atoms with E-state index in [-0.39, 0.29) is 11.8 Å². The van der Waals surface area contributed by atoms with Crippen LogP contribution in [0.4, 0.5) is 0 Å². The number of hydrogen-bond donors (Lipinski definition) is 1. The summed E-state index contributed by atoms with van der Waals surface area (Å²) in [5.74, 6) is 1.58. The van der Waals surface area contributed by atoms with Crippen LogP contribution < -0.4 is 10.1 Å². The van der Waals surface area contributed by atoms with Gasteiger partial charge in [0.2, 0.25) is 5.91 Å². The van der Waals surface area contributed by atoms with Crippen molar-refractivity contribution in [1.29, 1.82) is 0 Å². The molecule has 1 aromatic heterocycles. The first kappa shape index (κ1) is 19.7. The number of amides is 2. The smallest absolute Gasteiger partial charge is 0.260 e. The Morgan fingerprint density at radius 1 is 1.21 bits per heavy atom. The molecule has 28 heavy (non-hydrogen) atoms. The van der Waals surface area contributed by atoms with Gasteiger partial charge in [0.1, 0.15) is 11.5 Å². The third kappa shape index (κ3) is 5.74. The molecule has 0 spiro atoms. The van der Waals surface area contributed by atoms with Crippen molar-refractivity contribution in [3.05, 3.63) is 60.6 Å². The topological polar surface area (TPSA) is 71.8 Å². The van der Waals surface area contributed by atoms with E-state index >= 15 is 0 Å². The summed E-state index contributed by atoms with van der Waals surface area (Å²) in [5.41, 5.74) is 0. The molecule has 6 heteroatoms. The molecule has 3 rings (SSSR count). The SMILES string of the molecule is C[C@@H](Oc1ccccc1)C(=O)NCC1CCN(C(=O)/C=C/c2ccco2)CC1. The number of nitrogens with zero attached hydrogens (tertiary/aromatic N) is 1. The van der Waals surface area contributed by atoms with Crippen molar-refractivity contribution in [1.82, 2.24) is 10.2 Å². The molecule has 0 unspecified atom stereocenters. The van der Waals surface area contributed by atoms with Gasteiger partial charge in [0.15, 0.2) is 6.10 Å². The minimum atomic E-state index is -0.546. The molecule has 6 nitrogen and oxygen atoms in total. The van der Waals surface area contributed by atoms with Crippen LogP contribution >= 0.6 is 0 Å². The van der Waals surface area contributed by atoms with Crippen molar-refractivity contribution < 1.29 is 18.7 Å². The predicted octanol–water partition coefficient (Wildman–Crippen LogP) is 3.12. The summed E-state index contributed by atoms with van der Waals surface area (Å²) >= 11 is 0. The van der Waals surface area contributed by atoms with Crippen LogP contribution in [0.15, 0.2) is 59.2 Å². The number of rotatable bonds is 7. The van der Waals surface area contributed by atoms with Crippen LogP contribution in [0.2, 0.25) is 0 Å². The number of furan rings is 1. The van der Waals surface area contributed by atoms with Crippen LogP contribution in [0, 0.1) is 5.92 Å². The highest BCUT2D eigenvalue weighted by Crippen LogP contribution is 2.17. The lowest BCUT2D eigenvalue weighted by molar-refractivity contribution is -0.129. The van der Waals surface area contributed by atoms with Crippen molar-refractivity contribution in [2.24, 2.45) is 5.92 Å². The van der Waals surface area contributed by atoms with Gasteiger partial charge in [0, 0.05) is 25.7 Å². The zero-order chi connectivity index (χ0) is 19.8. The highest BCUT2D eigenvalue weighted by molar-refractivity contribution is 5.91. The van der Waals surface area contributed by atoms with E-state index in [2.05, 4.69) is 5.32 Å². The van der Waals surface area contributed by atoms with E-state index in [1.165, 1.54) is 0 Å². The monoisotopic (exact) mass is 382 g/mol. The second-order valence-corrected chi connectivity index (χ2v) is 6.94. The van der Waals surface area contributed by atoms with Crippen LogP contribution in [0.3, 0.4) is 0 Å². The number of likely N-dealkylation sites (tertiary alicyclic amines) is 1. The van der Waals surface area contributed by atoms with E-state index in [9.17, 15) is 9.59 Å². The average Bonchev–Trinajstić information content (AvgIpc) is 3.25. The van der Waals surface area contributed by atoms with Gasteiger partial charge in [-0.1, -0.05) is 18.2 Å². The second kappa shape index (κ2) is 9.78. The molecule has 2 heterocycles. The Bertz CT molecular complexity index is 778. The van der Waals surface area contributed by atoms with Crippen molar-refractivity contribution in [3.63, 3.8) is 0 Å². The minimum Gasteiger partial charge on any atom is -0.481 e. The molecule has 1 atom stereocenters. The van der Waals surface area contributed by atoms with Gasteiger partial charge < -0.3 is 19.4 Å². The molecule has 148 valence electrons. The molecule has 1 aliphatic rings. The van der Waals surface area contributed by atoms with Crippen molar-refractivity contribution in [2.75, 3.05) is 19.6 Å². The standard InChI is InChI=1S/C22H26N2O4/c1-17(28-20-6-3-2-4-7-20)22(26)23-16-18-11-13-24(14-12-18)21(25)10-9-19-8-5-15-27-19/h2-10,15,17-18H,11-14,16H2,1H3,(H,23,26)/b10-9+/t17-/m1/s1. The third-order valence-electron chi connectivity index (χ3n) is 4.85. The Morgan fingerprint density at radius 2 is 1.96 bits per heavy atom. The number of hydrogen-bond acceptors (Lipinski definition) is 4. The average molecular weight is 382 g/mol. The largest absolute Gasteiger partial charge is 0.481 e. The van der Waals surface area contributed by atoms with Crippen molar-refractivity contribution in [3.8, 4) is 5.75 Å². The first-order valence-electron chi connectivity index (χ1n) is 9.61. The molecule has 2 amide bonds. The summed E-state index contributed by atoms with van der Waals surface area (Å²) in [5, 5.41) is 2.97. The van der Waals surface area contributed by atoms with Gasteiger partial charge >= 0.3 is 0 Å². The highest BCUT2D eigenvalue weighted by Gasteiger charge is 2.23. The van der Waals surface area contributed by atoms with Crippen LogP contribution in [-0.2, 0) is 9.59 Å². The minimum absolute atomic E-state index is 0.0104. The zero-order valence-corrected chi connectivity index (χ0v) is 16.0. The number of carbonyl (C=O) groups is 2. The van der Waals surface area contributed by atoms with Gasteiger partial charge in [0.25, 0.3) is 5.91 Å². The van der Waals surface area contributed by atoms with Crippen LogP contribution in [0.5, 0.6) is 5.75 Å². The van der Waals surface area contributed by atoms with E-state index in [1.54, 1.807) is 37.5 Å². The second-order valence-electron chi connectivity index (χ2n) is 6.94. The first-order chi connectivity index (χ1) is 13.6. The lowest BCUT2D eigenvalue weighted by Crippen LogP contribution is -2.43. The van der Waals surface area contributed by atoms with E-state index < -0.39 is 6.10 Å². The van der Waals surface area contributed by atoms with Crippen LogP contribution in [0.1, 0.15) is 25.5 Å². The van der Waals surface area contributed by atoms with Gasteiger partial charge in [0.05, 0.1) is 6.26 Å². The molecule has 0 saturated carbocycles. The molecule has 1 saturated heterocycles. The fraction of sp³-hybridized carbons (Fsp3) is 0.364. The number of piperidine rings is 1. The number of benzene rings is 1. The number of nitrogens with one attached hydrogen (secondary N) is 1. The molecule has 0 bridgehead atoms. The molecule has 0 radical (unpaired) electrons. The highest BCUT2D eigenvalue weighted by atomic mass is 16.5. The number of ether oxygens (including phenoxy) is 1. The summed E-state index contributed by atoms with van der Waals surface area (Å²) in [7, 11) is 0. The van der Waals surface area contributed by atoms with Crippen molar-refractivity contribution in [2.45, 2.75) is 25.9 Å². The maximum Gasteiger partial charge on any atom is 0.260 e. The molecule has 1 aliphatic heterocycles. The Kier molecular flexibility index (Phi) is 6.89. The summed E-state index contributed by atoms with van der Waals surface area (Å²) in [6.45, 7) is 3.73. The van der Waals surface area contributed by atoms with Gasteiger partial charge in [-0.15, -0.1) is 0 Å². The fourth-order valence-corrected chi connectivity index (χ4v) is 3.15. The fourth-order valence-electron chi connectivity index (χ4n) is 3.15. The summed E-state index contributed by atoms with van der Waals surface area (Å²) in [6, 6.07) is 12.9. The quantitative estimate of drug-likeness (QED) is 0.747. The third-order valence-corrected chi connectivity index (χ3v) is 4.85. The number of para-hydroxylation sites is 1. The Hall–Kier alpha value is -3.02. The lowest BCUT2D eigenvalue weighted by Gasteiger charge is -2.31. The molecule has 1 fully saturated rings. The Balaban J connectivity index is 1.37. The van der Waals surface area contributed by atoms with E-state index in [1.807, 2.05) is 35.2 Å². The summed E-state index contributed by atoms with van der Waals surface area (Å²) < 4.78 is 10.8. The van der Waals surface area contributed by atoms with Gasteiger partial charge in [-0.25, -0.2) is 0 Å². The molecule has 0 aliphatic carbocycles. The molecule has 2 aromatic rings. The molecule has 1 aromatic carbocycles. The van der Waals surface area contributed by atoms with E-state index in [0.717, 1.165) is 12.8 Å². The Labute approximate surface area is 165 Å². The molecule has 1 N–H and O–H groups in total. The van der Waals surface area contributed by atoms with Gasteiger partial charge in [-0.2, -0.15) is 0 Å². The van der Waals surface area contributed by atoms with E-state index in [0.29, 0.717) is 37.1 Å². The predicted molar refractivity (Wildman–Crippen MR) is 107 cm³/mol. The number of carbonyl (C=O) groups excluding carboxylic acids is 2. The summed E-state index contributed by atoms with van der Waals surface area (Å²) in [6.07, 6.45) is 6.00.